The zero-order chi connectivity index (χ0) is 19.1. The minimum atomic E-state index is -1.31. The highest BCUT2D eigenvalue weighted by molar-refractivity contribution is 5.91. The first kappa shape index (κ1) is 18.4. The molecule has 0 saturated heterocycles. The van der Waals surface area contributed by atoms with E-state index in [9.17, 15) is 19.8 Å². The van der Waals surface area contributed by atoms with Gasteiger partial charge in [0.1, 0.15) is 5.60 Å². The average molecular weight is 360 g/mol. The summed E-state index contributed by atoms with van der Waals surface area (Å²) in [6, 6.07) is 0. The number of carbonyl (C=O) groups excluding carboxylic acids is 2. The minimum Gasteiger partial charge on any atom is -0.393 e. The van der Waals surface area contributed by atoms with Gasteiger partial charge in [-0.3, -0.25) is 9.59 Å². The molecule has 26 heavy (non-hydrogen) atoms. The van der Waals surface area contributed by atoms with Gasteiger partial charge in [0.05, 0.1) is 6.10 Å². The van der Waals surface area contributed by atoms with Crippen LogP contribution >= 0.6 is 0 Å². The lowest BCUT2D eigenvalue weighted by Crippen LogP contribution is -2.62. The summed E-state index contributed by atoms with van der Waals surface area (Å²) in [4.78, 5) is 24.3. The second kappa shape index (κ2) is 5.51. The molecule has 0 amide bonds. The monoisotopic (exact) mass is 360 g/mol. The molecule has 0 spiro atoms. The second-order valence-corrected chi connectivity index (χ2v) is 10.1. The summed E-state index contributed by atoms with van der Waals surface area (Å²) in [7, 11) is 0. The van der Waals surface area contributed by atoms with Crippen molar-refractivity contribution in [3.05, 3.63) is 11.6 Å². The van der Waals surface area contributed by atoms with Crippen molar-refractivity contribution < 1.29 is 19.8 Å². The molecule has 0 heterocycles. The maximum Gasteiger partial charge on any atom is 0.161 e. The number of allylic oxidation sites excluding steroid dienone is 1. The SMILES string of the molecule is CC(=O)[C@@]1(O)CC[C@H]2[C@@H]3C[C@H](C)C4=CC(=O)CC[C@]4(C)C3[C@@H](O)C[C@@]21C. The Kier molecular flexibility index (Phi) is 3.89. The predicted molar refractivity (Wildman–Crippen MR) is 98.3 cm³/mol. The zero-order valence-corrected chi connectivity index (χ0v) is 16.4. The van der Waals surface area contributed by atoms with E-state index in [4.69, 9.17) is 0 Å². The minimum absolute atomic E-state index is 0.116. The van der Waals surface area contributed by atoms with Crippen molar-refractivity contribution in [2.45, 2.75) is 77.9 Å². The van der Waals surface area contributed by atoms with Crippen LogP contribution in [0, 0.1) is 34.5 Å². The molecule has 1 unspecified atom stereocenters. The summed E-state index contributed by atoms with van der Waals surface area (Å²) in [6.45, 7) is 7.94. The third-order valence-electron chi connectivity index (χ3n) is 8.95. The first-order valence-corrected chi connectivity index (χ1v) is 10.2. The largest absolute Gasteiger partial charge is 0.393 e. The fraction of sp³-hybridized carbons (Fsp3) is 0.818. The zero-order valence-electron chi connectivity index (χ0n) is 16.4. The molecule has 4 heteroatoms. The van der Waals surface area contributed by atoms with Gasteiger partial charge in [0, 0.05) is 11.8 Å². The third-order valence-corrected chi connectivity index (χ3v) is 8.95. The van der Waals surface area contributed by atoms with Crippen LogP contribution < -0.4 is 0 Å². The quantitative estimate of drug-likeness (QED) is 0.754. The van der Waals surface area contributed by atoms with Gasteiger partial charge in [-0.2, -0.15) is 0 Å². The maximum absolute atomic E-state index is 12.3. The molecule has 0 aromatic carbocycles. The molecule has 3 saturated carbocycles. The third kappa shape index (κ3) is 2.09. The number of hydrogen-bond donors (Lipinski definition) is 2. The number of rotatable bonds is 1. The van der Waals surface area contributed by atoms with E-state index < -0.39 is 17.1 Å². The Labute approximate surface area is 156 Å². The maximum atomic E-state index is 12.3. The van der Waals surface area contributed by atoms with Gasteiger partial charge >= 0.3 is 0 Å². The lowest BCUT2D eigenvalue weighted by Gasteiger charge is -2.61. The van der Waals surface area contributed by atoms with Gasteiger partial charge in [0.2, 0.25) is 0 Å². The molecule has 4 aliphatic rings. The van der Waals surface area contributed by atoms with Crippen LogP contribution in [-0.2, 0) is 9.59 Å². The fourth-order valence-corrected chi connectivity index (χ4v) is 7.70. The molecule has 0 aromatic heterocycles. The number of ketones is 2. The van der Waals surface area contributed by atoms with E-state index in [2.05, 4.69) is 13.8 Å². The van der Waals surface area contributed by atoms with Crippen LogP contribution in [0.15, 0.2) is 11.6 Å². The molecule has 144 valence electrons. The first-order valence-electron chi connectivity index (χ1n) is 10.2. The summed E-state index contributed by atoms with van der Waals surface area (Å²) in [6.07, 6.45) is 5.44. The number of aliphatic hydroxyl groups is 2. The Hall–Kier alpha value is -1.00. The molecular weight excluding hydrogens is 328 g/mol. The fourth-order valence-electron chi connectivity index (χ4n) is 7.70. The average Bonchev–Trinajstić information content (AvgIpc) is 2.81. The van der Waals surface area contributed by atoms with Crippen molar-refractivity contribution in [3.63, 3.8) is 0 Å². The van der Waals surface area contributed by atoms with Crippen LogP contribution in [0.5, 0.6) is 0 Å². The van der Waals surface area contributed by atoms with E-state index in [1.807, 2.05) is 13.0 Å². The lowest BCUT2D eigenvalue weighted by molar-refractivity contribution is -0.181. The van der Waals surface area contributed by atoms with Gasteiger partial charge in [-0.15, -0.1) is 0 Å². The Morgan fingerprint density at radius 2 is 1.96 bits per heavy atom. The summed E-state index contributed by atoms with van der Waals surface area (Å²) in [5, 5.41) is 22.5. The Morgan fingerprint density at radius 3 is 2.62 bits per heavy atom. The van der Waals surface area contributed by atoms with Crippen LogP contribution in [0.2, 0.25) is 0 Å². The highest BCUT2D eigenvalue weighted by atomic mass is 16.3. The van der Waals surface area contributed by atoms with Crippen LogP contribution in [-0.4, -0.2) is 33.5 Å². The molecule has 3 fully saturated rings. The van der Waals surface area contributed by atoms with Crippen molar-refractivity contribution >= 4 is 11.6 Å². The van der Waals surface area contributed by atoms with Crippen LogP contribution in [0.25, 0.3) is 0 Å². The van der Waals surface area contributed by atoms with Gasteiger partial charge in [-0.25, -0.2) is 0 Å². The topological polar surface area (TPSA) is 74.6 Å². The highest BCUT2D eigenvalue weighted by Gasteiger charge is 2.68. The smallest absolute Gasteiger partial charge is 0.161 e. The van der Waals surface area contributed by atoms with E-state index in [1.165, 1.54) is 12.5 Å². The molecule has 2 N–H and O–H groups in total. The van der Waals surface area contributed by atoms with Crippen molar-refractivity contribution in [1.29, 1.82) is 0 Å². The molecule has 0 radical (unpaired) electrons. The first-order chi connectivity index (χ1) is 12.0. The van der Waals surface area contributed by atoms with E-state index in [1.54, 1.807) is 0 Å². The van der Waals surface area contributed by atoms with E-state index in [0.717, 1.165) is 19.3 Å². The predicted octanol–water partition coefficient (Wildman–Crippen LogP) is 3.06. The van der Waals surface area contributed by atoms with Crippen molar-refractivity contribution in [2.24, 2.45) is 34.5 Å². The molecule has 0 aliphatic heterocycles. The molecule has 8 atom stereocenters. The van der Waals surface area contributed by atoms with Crippen molar-refractivity contribution in [2.75, 3.05) is 0 Å². The number of aliphatic hydroxyl groups excluding tert-OH is 1. The van der Waals surface area contributed by atoms with Crippen LogP contribution in [0.4, 0.5) is 0 Å². The van der Waals surface area contributed by atoms with Crippen LogP contribution in [0.1, 0.15) is 66.2 Å². The normalized spacial score (nSPS) is 53.4. The Bertz CT molecular complexity index is 696. The summed E-state index contributed by atoms with van der Waals surface area (Å²) >= 11 is 0. The molecule has 4 nitrogen and oxygen atoms in total. The molecule has 0 bridgehead atoms. The summed E-state index contributed by atoms with van der Waals surface area (Å²) < 4.78 is 0. The van der Waals surface area contributed by atoms with Crippen molar-refractivity contribution in [1.82, 2.24) is 0 Å². The van der Waals surface area contributed by atoms with Gasteiger partial charge in [0.15, 0.2) is 11.6 Å². The summed E-state index contributed by atoms with van der Waals surface area (Å²) in [5.74, 6) is 1.03. The Balaban J connectivity index is 1.79. The standard InChI is InChI=1S/C22H32O4/c1-12-9-15-16-6-8-22(26,13(2)23)21(16,4)11-18(25)19(15)20(3)7-5-14(24)10-17(12)20/h10,12,15-16,18-19,25-26H,5-9,11H2,1-4H3/t12-,15-,16-,18-,19?,20-,21-,22-/m0/s1. The van der Waals surface area contributed by atoms with Gasteiger partial charge in [-0.05, 0) is 74.2 Å². The van der Waals surface area contributed by atoms with Gasteiger partial charge in [0.25, 0.3) is 0 Å². The van der Waals surface area contributed by atoms with Crippen LogP contribution in [0.3, 0.4) is 0 Å². The molecule has 4 rings (SSSR count). The lowest BCUT2D eigenvalue weighted by atomic mass is 9.44. The van der Waals surface area contributed by atoms with Crippen molar-refractivity contribution in [3.8, 4) is 0 Å². The number of carbonyl (C=O) groups is 2. The van der Waals surface area contributed by atoms with E-state index in [0.29, 0.717) is 31.1 Å². The highest BCUT2D eigenvalue weighted by Crippen LogP contribution is 2.68. The Morgan fingerprint density at radius 1 is 1.27 bits per heavy atom. The number of fused-ring (bicyclic) bond motifs is 5. The molecular formula is C22H32O4. The van der Waals surface area contributed by atoms with E-state index >= 15 is 0 Å². The van der Waals surface area contributed by atoms with Gasteiger partial charge in [-0.1, -0.05) is 26.3 Å². The number of hydrogen-bond acceptors (Lipinski definition) is 4. The second-order valence-electron chi connectivity index (χ2n) is 10.1. The molecule has 4 aliphatic carbocycles. The van der Waals surface area contributed by atoms with Gasteiger partial charge < -0.3 is 10.2 Å². The van der Waals surface area contributed by atoms with E-state index in [-0.39, 0.29) is 28.8 Å². The number of Topliss-reactive ketones (excluding diaryl/α,β-unsaturated/α-hetero) is 1. The summed E-state index contributed by atoms with van der Waals surface area (Å²) in [5.41, 5.74) is -0.792. The molecule has 0 aromatic rings.